The Morgan fingerprint density at radius 3 is 2.69 bits per heavy atom. The van der Waals surface area contributed by atoms with E-state index in [0.29, 0.717) is 18.0 Å². The van der Waals surface area contributed by atoms with E-state index >= 15 is 0 Å². The fourth-order valence-electron chi connectivity index (χ4n) is 1.70. The van der Waals surface area contributed by atoms with E-state index in [1.54, 1.807) is 12.4 Å². The standard InChI is InChI=1S/C9H14N4/c10-7-2-3-8(6-7)13-9-11-4-1-5-12-9/h1,4-5,7-8H,2-3,6,10H2,(H,11,12,13). The van der Waals surface area contributed by atoms with Gasteiger partial charge in [0.1, 0.15) is 0 Å². The van der Waals surface area contributed by atoms with Gasteiger partial charge < -0.3 is 11.1 Å². The van der Waals surface area contributed by atoms with Gasteiger partial charge in [-0.2, -0.15) is 0 Å². The number of hydrogen-bond acceptors (Lipinski definition) is 4. The summed E-state index contributed by atoms with van der Waals surface area (Å²) in [5, 5.41) is 3.27. The SMILES string of the molecule is NC1CCC(Nc2ncccn2)C1. The molecule has 0 amide bonds. The molecule has 1 heterocycles. The molecule has 13 heavy (non-hydrogen) atoms. The molecule has 0 bridgehead atoms. The Balaban J connectivity index is 1.92. The summed E-state index contributed by atoms with van der Waals surface area (Å²) in [6.07, 6.45) is 6.73. The van der Waals surface area contributed by atoms with Gasteiger partial charge in [-0.15, -0.1) is 0 Å². The second-order valence-corrected chi connectivity index (χ2v) is 3.49. The van der Waals surface area contributed by atoms with Crippen LogP contribution in [0, 0.1) is 0 Å². The summed E-state index contributed by atoms with van der Waals surface area (Å²) in [7, 11) is 0. The second kappa shape index (κ2) is 3.70. The molecule has 4 nitrogen and oxygen atoms in total. The zero-order chi connectivity index (χ0) is 9.10. The highest BCUT2D eigenvalue weighted by molar-refractivity contribution is 5.24. The van der Waals surface area contributed by atoms with Gasteiger partial charge in [-0.05, 0) is 25.3 Å². The van der Waals surface area contributed by atoms with Crippen LogP contribution < -0.4 is 11.1 Å². The maximum absolute atomic E-state index is 5.80. The molecule has 2 rings (SSSR count). The molecule has 0 aromatic carbocycles. The summed E-state index contributed by atoms with van der Waals surface area (Å²) >= 11 is 0. The van der Waals surface area contributed by atoms with E-state index in [0.717, 1.165) is 19.3 Å². The molecular formula is C9H14N4. The van der Waals surface area contributed by atoms with E-state index in [9.17, 15) is 0 Å². The van der Waals surface area contributed by atoms with Gasteiger partial charge in [-0.25, -0.2) is 9.97 Å². The maximum Gasteiger partial charge on any atom is 0.222 e. The molecule has 3 N–H and O–H groups in total. The quantitative estimate of drug-likeness (QED) is 0.702. The van der Waals surface area contributed by atoms with Gasteiger partial charge in [0.15, 0.2) is 0 Å². The first-order valence-corrected chi connectivity index (χ1v) is 4.64. The highest BCUT2D eigenvalue weighted by Crippen LogP contribution is 2.19. The summed E-state index contributed by atoms with van der Waals surface area (Å²) in [4.78, 5) is 8.21. The topological polar surface area (TPSA) is 63.8 Å². The van der Waals surface area contributed by atoms with Crippen LogP contribution in [0.3, 0.4) is 0 Å². The normalized spacial score (nSPS) is 27.5. The molecule has 4 heteroatoms. The van der Waals surface area contributed by atoms with Crippen molar-refractivity contribution >= 4 is 5.95 Å². The molecule has 0 aliphatic heterocycles. The third-order valence-corrected chi connectivity index (χ3v) is 2.37. The van der Waals surface area contributed by atoms with Crippen LogP contribution in [0.1, 0.15) is 19.3 Å². The van der Waals surface area contributed by atoms with Crippen molar-refractivity contribution in [2.75, 3.05) is 5.32 Å². The van der Waals surface area contributed by atoms with Crippen molar-refractivity contribution in [2.45, 2.75) is 31.3 Å². The second-order valence-electron chi connectivity index (χ2n) is 3.49. The molecule has 2 unspecified atom stereocenters. The van der Waals surface area contributed by atoms with Crippen molar-refractivity contribution < 1.29 is 0 Å². The molecular weight excluding hydrogens is 164 g/mol. The van der Waals surface area contributed by atoms with Crippen LogP contribution in [0.15, 0.2) is 18.5 Å². The minimum absolute atomic E-state index is 0.348. The third-order valence-electron chi connectivity index (χ3n) is 2.37. The molecule has 1 saturated carbocycles. The fraction of sp³-hybridized carbons (Fsp3) is 0.556. The minimum atomic E-state index is 0.348. The molecule has 0 spiro atoms. The lowest BCUT2D eigenvalue weighted by Gasteiger charge is -2.10. The number of anilines is 1. The Bertz CT molecular complexity index is 262. The van der Waals surface area contributed by atoms with Gasteiger partial charge in [0.2, 0.25) is 5.95 Å². The van der Waals surface area contributed by atoms with Crippen molar-refractivity contribution in [1.29, 1.82) is 0 Å². The molecule has 0 saturated heterocycles. The first kappa shape index (κ1) is 8.44. The minimum Gasteiger partial charge on any atom is -0.351 e. The van der Waals surface area contributed by atoms with Crippen LogP contribution >= 0.6 is 0 Å². The number of hydrogen-bond donors (Lipinski definition) is 2. The Hall–Kier alpha value is -1.16. The third kappa shape index (κ3) is 2.15. The first-order chi connectivity index (χ1) is 6.34. The predicted octanol–water partition coefficient (Wildman–Crippen LogP) is 0.768. The van der Waals surface area contributed by atoms with Crippen molar-refractivity contribution in [3.63, 3.8) is 0 Å². The highest BCUT2D eigenvalue weighted by Gasteiger charge is 2.21. The van der Waals surface area contributed by atoms with Gasteiger partial charge in [0.25, 0.3) is 0 Å². The summed E-state index contributed by atoms with van der Waals surface area (Å²) < 4.78 is 0. The van der Waals surface area contributed by atoms with Crippen LogP contribution in [0.2, 0.25) is 0 Å². The van der Waals surface area contributed by atoms with Gasteiger partial charge in [0, 0.05) is 24.5 Å². The van der Waals surface area contributed by atoms with Crippen molar-refractivity contribution in [3.8, 4) is 0 Å². The molecule has 2 atom stereocenters. The van der Waals surface area contributed by atoms with Gasteiger partial charge >= 0.3 is 0 Å². The number of nitrogens with zero attached hydrogens (tertiary/aromatic N) is 2. The Morgan fingerprint density at radius 2 is 2.08 bits per heavy atom. The van der Waals surface area contributed by atoms with E-state index in [2.05, 4.69) is 15.3 Å². The zero-order valence-corrected chi connectivity index (χ0v) is 7.48. The van der Waals surface area contributed by atoms with E-state index < -0.39 is 0 Å². The lowest BCUT2D eigenvalue weighted by molar-refractivity contribution is 0.685. The van der Waals surface area contributed by atoms with E-state index in [1.807, 2.05) is 6.07 Å². The first-order valence-electron chi connectivity index (χ1n) is 4.64. The monoisotopic (exact) mass is 178 g/mol. The maximum atomic E-state index is 5.80. The van der Waals surface area contributed by atoms with Crippen molar-refractivity contribution in [2.24, 2.45) is 5.73 Å². The van der Waals surface area contributed by atoms with E-state index in [-0.39, 0.29) is 0 Å². The van der Waals surface area contributed by atoms with Crippen molar-refractivity contribution in [1.82, 2.24) is 9.97 Å². The van der Waals surface area contributed by atoms with Crippen LogP contribution in [-0.2, 0) is 0 Å². The largest absolute Gasteiger partial charge is 0.351 e. The highest BCUT2D eigenvalue weighted by atomic mass is 15.1. The van der Waals surface area contributed by atoms with Gasteiger partial charge in [-0.1, -0.05) is 0 Å². The lowest BCUT2D eigenvalue weighted by Crippen LogP contribution is -2.21. The smallest absolute Gasteiger partial charge is 0.222 e. The zero-order valence-electron chi connectivity index (χ0n) is 7.48. The van der Waals surface area contributed by atoms with E-state index in [1.165, 1.54) is 0 Å². The Kier molecular flexibility index (Phi) is 2.40. The number of nitrogens with one attached hydrogen (secondary N) is 1. The van der Waals surface area contributed by atoms with Crippen molar-refractivity contribution in [3.05, 3.63) is 18.5 Å². The molecule has 1 aromatic heterocycles. The average molecular weight is 178 g/mol. The number of aromatic nitrogens is 2. The molecule has 70 valence electrons. The molecule has 0 radical (unpaired) electrons. The molecule has 1 aliphatic carbocycles. The molecule has 1 fully saturated rings. The van der Waals surface area contributed by atoms with Crippen LogP contribution in [0.5, 0.6) is 0 Å². The molecule has 1 aromatic rings. The fourth-order valence-corrected chi connectivity index (χ4v) is 1.70. The average Bonchev–Trinajstić information content (AvgIpc) is 2.53. The van der Waals surface area contributed by atoms with Gasteiger partial charge in [0.05, 0.1) is 0 Å². The van der Waals surface area contributed by atoms with E-state index in [4.69, 9.17) is 5.73 Å². The van der Waals surface area contributed by atoms with Crippen LogP contribution in [-0.4, -0.2) is 22.1 Å². The number of rotatable bonds is 2. The summed E-state index contributed by atoms with van der Waals surface area (Å²) in [6, 6.07) is 2.62. The van der Waals surface area contributed by atoms with Gasteiger partial charge in [-0.3, -0.25) is 0 Å². The summed E-state index contributed by atoms with van der Waals surface area (Å²) in [6.45, 7) is 0. The predicted molar refractivity (Wildman–Crippen MR) is 51.3 cm³/mol. The van der Waals surface area contributed by atoms with Crippen LogP contribution in [0.4, 0.5) is 5.95 Å². The summed E-state index contributed by atoms with van der Waals surface area (Å²) in [5.74, 6) is 0.710. The van der Waals surface area contributed by atoms with Crippen LogP contribution in [0.25, 0.3) is 0 Å². The Morgan fingerprint density at radius 1 is 1.31 bits per heavy atom. The summed E-state index contributed by atoms with van der Waals surface area (Å²) in [5.41, 5.74) is 5.80. The molecule has 1 aliphatic rings. The Labute approximate surface area is 77.6 Å². The number of nitrogens with two attached hydrogens (primary N) is 1. The lowest BCUT2D eigenvalue weighted by atomic mass is 10.2.